The second kappa shape index (κ2) is 12.0. The quantitative estimate of drug-likeness (QED) is 0.179. The molecule has 0 saturated carbocycles. The summed E-state index contributed by atoms with van der Waals surface area (Å²) < 4.78 is 11.0. The number of carbonyl (C=O) groups excluding carboxylic acids is 1. The van der Waals surface area contributed by atoms with Crippen molar-refractivity contribution in [2.75, 3.05) is 19.7 Å². The first-order valence-electron chi connectivity index (χ1n) is 10.2. The second-order valence-electron chi connectivity index (χ2n) is 6.81. The maximum atomic E-state index is 12.0. The Balaban J connectivity index is 0.00000341. The van der Waals surface area contributed by atoms with Gasteiger partial charge in [0.05, 0.1) is 18.3 Å². The van der Waals surface area contributed by atoms with Crippen LogP contribution in [0.2, 0.25) is 0 Å². The van der Waals surface area contributed by atoms with E-state index in [0.717, 1.165) is 28.3 Å². The molecule has 1 atom stereocenters. The van der Waals surface area contributed by atoms with Crippen LogP contribution in [0.15, 0.2) is 39.7 Å². The Hall–Kier alpha value is -2.14. The van der Waals surface area contributed by atoms with Crippen molar-refractivity contribution in [3.05, 3.63) is 51.7 Å². The number of fused-ring (bicyclic) bond motifs is 1. The van der Waals surface area contributed by atoms with Gasteiger partial charge < -0.3 is 19.8 Å². The molecular weight excluding hydrogens is 527 g/mol. The number of furan rings is 1. The molecule has 9 heteroatoms. The van der Waals surface area contributed by atoms with Crippen LogP contribution in [0, 0.1) is 6.92 Å². The summed E-state index contributed by atoms with van der Waals surface area (Å²) >= 11 is 1.35. The molecule has 168 valence electrons. The number of aliphatic imine (C=N–C) groups is 1. The minimum absolute atomic E-state index is 0. The van der Waals surface area contributed by atoms with Crippen molar-refractivity contribution in [1.82, 2.24) is 15.6 Å². The Morgan fingerprint density at radius 2 is 2.10 bits per heavy atom. The van der Waals surface area contributed by atoms with Crippen molar-refractivity contribution >= 4 is 58.2 Å². The van der Waals surface area contributed by atoms with Crippen LogP contribution in [-0.4, -0.2) is 36.6 Å². The molecule has 2 N–H and O–H groups in total. The summed E-state index contributed by atoms with van der Waals surface area (Å²) in [6.45, 7) is 9.32. The number of nitrogens with one attached hydrogen (secondary N) is 2. The highest BCUT2D eigenvalue weighted by atomic mass is 127. The molecule has 3 rings (SSSR count). The van der Waals surface area contributed by atoms with Gasteiger partial charge in [0.15, 0.2) is 5.96 Å². The molecule has 1 aromatic carbocycles. The number of carbonyl (C=O) groups is 1. The molecule has 1 unspecified atom stereocenters. The van der Waals surface area contributed by atoms with Crippen molar-refractivity contribution in [2.24, 2.45) is 4.99 Å². The molecule has 7 nitrogen and oxygen atoms in total. The largest absolute Gasteiger partial charge is 0.462 e. The van der Waals surface area contributed by atoms with Gasteiger partial charge in [0.1, 0.15) is 21.2 Å². The van der Waals surface area contributed by atoms with E-state index in [9.17, 15) is 4.79 Å². The van der Waals surface area contributed by atoms with Crippen LogP contribution in [0.5, 0.6) is 0 Å². The van der Waals surface area contributed by atoms with E-state index in [1.54, 1.807) is 6.92 Å². The number of hydrogen-bond donors (Lipinski definition) is 2. The predicted octanol–water partition coefficient (Wildman–Crippen LogP) is 4.85. The Morgan fingerprint density at radius 1 is 1.32 bits per heavy atom. The number of aromatic nitrogens is 1. The van der Waals surface area contributed by atoms with Crippen molar-refractivity contribution in [3.8, 4) is 0 Å². The van der Waals surface area contributed by atoms with Crippen LogP contribution in [0.4, 0.5) is 0 Å². The average molecular weight is 556 g/mol. The molecular formula is C22H29IN4O3S. The number of ether oxygens (including phenoxy) is 1. The number of halogens is 1. The van der Waals surface area contributed by atoms with Crippen LogP contribution in [0.25, 0.3) is 11.0 Å². The minimum atomic E-state index is -0.322. The summed E-state index contributed by atoms with van der Waals surface area (Å²) in [5, 5.41) is 8.54. The third-order valence-electron chi connectivity index (χ3n) is 4.45. The first kappa shape index (κ1) is 25.1. The second-order valence-corrected chi connectivity index (χ2v) is 7.84. The van der Waals surface area contributed by atoms with E-state index in [-0.39, 0.29) is 36.0 Å². The highest BCUT2D eigenvalue weighted by Crippen LogP contribution is 2.24. The number of benzene rings is 1. The molecule has 3 aromatic rings. The highest BCUT2D eigenvalue weighted by molar-refractivity contribution is 14.0. The zero-order valence-corrected chi connectivity index (χ0v) is 21.4. The van der Waals surface area contributed by atoms with Gasteiger partial charge in [0.25, 0.3) is 0 Å². The van der Waals surface area contributed by atoms with Crippen LogP contribution in [-0.2, 0) is 11.2 Å². The van der Waals surface area contributed by atoms with Gasteiger partial charge in [-0.1, -0.05) is 18.2 Å². The fourth-order valence-electron chi connectivity index (χ4n) is 3.01. The van der Waals surface area contributed by atoms with Crippen molar-refractivity contribution in [3.63, 3.8) is 0 Å². The molecule has 0 amide bonds. The van der Waals surface area contributed by atoms with Gasteiger partial charge in [0, 0.05) is 24.9 Å². The molecule has 0 radical (unpaired) electrons. The minimum Gasteiger partial charge on any atom is -0.462 e. The average Bonchev–Trinajstić information content (AvgIpc) is 3.31. The number of rotatable bonds is 8. The Bertz CT molecular complexity index is 998. The Morgan fingerprint density at radius 3 is 2.81 bits per heavy atom. The lowest BCUT2D eigenvalue weighted by Crippen LogP contribution is -2.38. The number of thiazole rings is 1. The molecule has 31 heavy (non-hydrogen) atoms. The van der Waals surface area contributed by atoms with E-state index in [0.29, 0.717) is 36.1 Å². The lowest BCUT2D eigenvalue weighted by atomic mass is 10.2. The fraction of sp³-hybridized carbons (Fsp3) is 0.409. The van der Waals surface area contributed by atoms with E-state index >= 15 is 0 Å². The summed E-state index contributed by atoms with van der Waals surface area (Å²) in [5.74, 6) is 1.29. The molecule has 0 saturated heterocycles. The highest BCUT2D eigenvalue weighted by Gasteiger charge is 2.20. The molecule has 2 heterocycles. The SMILES string of the molecule is CCNC(=NCCc1cc2ccccc2o1)NC(C)c1nc(C)c(C(=O)OCC)s1.I. The summed E-state index contributed by atoms with van der Waals surface area (Å²) in [6, 6.07) is 9.94. The topological polar surface area (TPSA) is 88.8 Å². The smallest absolute Gasteiger partial charge is 0.350 e. The lowest BCUT2D eigenvalue weighted by molar-refractivity contribution is 0.0531. The van der Waals surface area contributed by atoms with E-state index in [2.05, 4.69) is 26.7 Å². The summed E-state index contributed by atoms with van der Waals surface area (Å²) in [5.41, 5.74) is 1.58. The molecule has 0 aliphatic rings. The summed E-state index contributed by atoms with van der Waals surface area (Å²) in [7, 11) is 0. The number of nitrogens with zero attached hydrogens (tertiary/aromatic N) is 2. The van der Waals surface area contributed by atoms with Crippen molar-refractivity contribution in [1.29, 1.82) is 0 Å². The number of guanidine groups is 1. The summed E-state index contributed by atoms with van der Waals surface area (Å²) in [6.07, 6.45) is 0.711. The zero-order valence-electron chi connectivity index (χ0n) is 18.2. The van der Waals surface area contributed by atoms with E-state index in [1.807, 2.05) is 45.0 Å². The van der Waals surface area contributed by atoms with E-state index in [4.69, 9.17) is 9.15 Å². The van der Waals surface area contributed by atoms with Gasteiger partial charge in [0.2, 0.25) is 0 Å². The van der Waals surface area contributed by atoms with Crippen LogP contribution in [0.3, 0.4) is 0 Å². The van der Waals surface area contributed by atoms with Gasteiger partial charge in [-0.05, 0) is 39.8 Å². The Labute approximate surface area is 203 Å². The van der Waals surface area contributed by atoms with Gasteiger partial charge >= 0.3 is 5.97 Å². The van der Waals surface area contributed by atoms with Crippen molar-refractivity contribution < 1.29 is 13.9 Å². The monoisotopic (exact) mass is 556 g/mol. The first-order chi connectivity index (χ1) is 14.5. The standard InChI is InChI=1S/C22H28N4O3S.HI/c1-5-23-22(24-12-11-17-13-16-9-7-8-10-18(16)29-17)26-15(4)20-25-14(3)19(30-20)21(27)28-6-2;/h7-10,13,15H,5-6,11-12H2,1-4H3,(H2,23,24,26);1H. The zero-order chi connectivity index (χ0) is 21.5. The summed E-state index contributed by atoms with van der Waals surface area (Å²) in [4.78, 5) is 21.8. The van der Waals surface area contributed by atoms with Crippen LogP contribution < -0.4 is 10.6 Å². The molecule has 0 bridgehead atoms. The van der Waals surface area contributed by atoms with E-state index < -0.39 is 0 Å². The van der Waals surface area contributed by atoms with Gasteiger partial charge in [-0.25, -0.2) is 9.78 Å². The van der Waals surface area contributed by atoms with Crippen molar-refractivity contribution in [2.45, 2.75) is 40.2 Å². The predicted molar refractivity (Wildman–Crippen MR) is 136 cm³/mol. The van der Waals surface area contributed by atoms with Crippen LogP contribution in [0.1, 0.15) is 52.9 Å². The lowest BCUT2D eigenvalue weighted by Gasteiger charge is -2.15. The van der Waals surface area contributed by atoms with Gasteiger partial charge in [-0.3, -0.25) is 4.99 Å². The number of esters is 1. The normalized spacial score (nSPS) is 12.3. The maximum absolute atomic E-state index is 12.0. The molecule has 0 aliphatic heterocycles. The van der Waals surface area contributed by atoms with E-state index in [1.165, 1.54) is 11.3 Å². The van der Waals surface area contributed by atoms with Crippen LogP contribution >= 0.6 is 35.3 Å². The first-order valence-corrected chi connectivity index (χ1v) is 11.0. The third kappa shape index (κ3) is 6.67. The number of para-hydroxylation sites is 1. The Kier molecular flexibility index (Phi) is 9.76. The molecule has 0 fully saturated rings. The number of aryl methyl sites for hydroxylation is 1. The molecule has 0 spiro atoms. The fourth-order valence-corrected chi connectivity index (χ4v) is 3.98. The van der Waals surface area contributed by atoms with Gasteiger partial charge in [-0.2, -0.15) is 0 Å². The third-order valence-corrected chi connectivity index (χ3v) is 5.77. The van der Waals surface area contributed by atoms with Gasteiger partial charge in [-0.15, -0.1) is 35.3 Å². The number of hydrogen-bond acceptors (Lipinski definition) is 6. The maximum Gasteiger partial charge on any atom is 0.350 e. The molecule has 2 aromatic heterocycles. The molecule has 0 aliphatic carbocycles.